The lowest BCUT2D eigenvalue weighted by molar-refractivity contribution is -0.212. The van der Waals surface area contributed by atoms with Crippen molar-refractivity contribution in [3.05, 3.63) is 35.4 Å². The van der Waals surface area contributed by atoms with Gasteiger partial charge in [-0.2, -0.15) is 13.2 Å². The van der Waals surface area contributed by atoms with Gasteiger partial charge in [0, 0.05) is 24.1 Å². The molecule has 34 heavy (non-hydrogen) atoms. The molecule has 2 spiro atoms. The lowest BCUT2D eigenvalue weighted by Crippen LogP contribution is -2.79. The number of phenolic OH excluding ortho intramolecular Hbond substituents is 1. The molecule has 6 aliphatic rings. The van der Waals surface area contributed by atoms with E-state index in [1.807, 2.05) is 0 Å². The van der Waals surface area contributed by atoms with Crippen molar-refractivity contribution in [3.63, 3.8) is 0 Å². The fraction of sp³-hybridized carbons (Fsp3) is 0.583. The first-order valence-corrected chi connectivity index (χ1v) is 11.1. The molecule has 0 radical (unpaired) electrons. The quantitative estimate of drug-likeness (QED) is 0.627. The number of benzene rings is 1. The van der Waals surface area contributed by atoms with Crippen molar-refractivity contribution < 1.29 is 42.4 Å². The number of alkyl halides is 3. The number of phenols is 1. The standard InChI is InChI=1S/C22H25NO4.C2HF3O2/c1-12(24)14-11-20-6-7-22(14,26-3)19-21(20)8-9-23(2)16(20)10-13-4-5-15(25)18(27-19)17(13)21;3-2(4,5)1(6)7/h4-7,14,16,19,25H,8-11H2,1-3H3;(H,6,7)/t14-,16+,19+,20+,21-,22-;/m0./s1. The Morgan fingerprint density at radius 3 is 2.53 bits per heavy atom. The highest BCUT2D eigenvalue weighted by Crippen LogP contribution is 2.74. The molecular formula is C24H26F3NO6. The van der Waals surface area contributed by atoms with Crippen LogP contribution in [0, 0.1) is 11.3 Å². The molecule has 1 aromatic carbocycles. The molecule has 0 amide bonds. The van der Waals surface area contributed by atoms with Crippen LogP contribution >= 0.6 is 0 Å². The van der Waals surface area contributed by atoms with Crippen LogP contribution in [-0.4, -0.2) is 71.5 Å². The summed E-state index contributed by atoms with van der Waals surface area (Å²) in [5.74, 6) is -2.00. The number of aliphatic carboxylic acids is 1. The monoisotopic (exact) mass is 481 g/mol. The highest BCUT2D eigenvalue weighted by molar-refractivity contribution is 5.82. The van der Waals surface area contributed by atoms with Gasteiger partial charge in [-0.3, -0.25) is 4.79 Å². The highest BCUT2D eigenvalue weighted by Gasteiger charge is 2.79. The summed E-state index contributed by atoms with van der Waals surface area (Å²) in [7, 11) is 3.89. The molecule has 0 aromatic heterocycles. The van der Waals surface area contributed by atoms with E-state index in [4.69, 9.17) is 19.4 Å². The number of fused-ring (bicyclic) bond motifs is 1. The SMILES string of the molecule is CO[C@@]12C=C[C@@]3(C[C@H]1C(C)=O)[C@H]1Cc4ccc(O)c5c4[C@@]3(CCN1C)[C@H]2O5.O=C(O)C(F)(F)F. The number of hydrogen-bond acceptors (Lipinski definition) is 6. The van der Waals surface area contributed by atoms with Crippen LogP contribution in [0.2, 0.25) is 0 Å². The van der Waals surface area contributed by atoms with Crippen LogP contribution in [-0.2, 0) is 26.2 Å². The Balaban J connectivity index is 0.000000304. The van der Waals surface area contributed by atoms with E-state index in [0.29, 0.717) is 11.8 Å². The molecule has 10 heteroatoms. The zero-order valence-corrected chi connectivity index (χ0v) is 19.0. The normalized spacial score (nSPS) is 38.5. The molecule has 2 N–H and O–H groups in total. The van der Waals surface area contributed by atoms with Crippen molar-refractivity contribution in [2.75, 3.05) is 20.7 Å². The third-order valence-electron chi connectivity index (χ3n) is 8.81. The maximum absolute atomic E-state index is 12.7. The molecule has 184 valence electrons. The number of aromatic hydroxyl groups is 1. The van der Waals surface area contributed by atoms with Crippen molar-refractivity contribution in [2.45, 2.75) is 55.5 Å². The maximum atomic E-state index is 12.7. The summed E-state index contributed by atoms with van der Waals surface area (Å²) in [6.45, 7) is 2.66. The summed E-state index contributed by atoms with van der Waals surface area (Å²) in [4.78, 5) is 24.1. The molecular weight excluding hydrogens is 455 g/mol. The Morgan fingerprint density at radius 1 is 1.26 bits per heavy atom. The van der Waals surface area contributed by atoms with Crippen molar-refractivity contribution in [1.29, 1.82) is 0 Å². The minimum Gasteiger partial charge on any atom is -0.504 e. The number of ketones is 1. The van der Waals surface area contributed by atoms with Crippen LogP contribution in [0.4, 0.5) is 13.2 Å². The number of carbonyl (C=O) groups excluding carboxylic acids is 1. The van der Waals surface area contributed by atoms with Crippen molar-refractivity contribution in [2.24, 2.45) is 11.3 Å². The molecule has 4 aliphatic carbocycles. The second kappa shape index (κ2) is 6.97. The molecule has 7 nitrogen and oxygen atoms in total. The molecule has 4 bridgehead atoms. The van der Waals surface area contributed by atoms with Crippen LogP contribution in [0.3, 0.4) is 0 Å². The zero-order valence-electron chi connectivity index (χ0n) is 19.0. The molecule has 6 atom stereocenters. The highest BCUT2D eigenvalue weighted by atomic mass is 19.4. The largest absolute Gasteiger partial charge is 0.504 e. The van der Waals surface area contributed by atoms with E-state index in [1.165, 1.54) is 11.1 Å². The summed E-state index contributed by atoms with van der Waals surface area (Å²) < 4.78 is 44.4. The number of Topliss-reactive ketones (excluding diaryl/α,β-unsaturated/α-hetero) is 1. The van der Waals surface area contributed by atoms with Gasteiger partial charge in [-0.25, -0.2) is 4.79 Å². The van der Waals surface area contributed by atoms with Crippen LogP contribution in [0.1, 0.15) is 30.9 Å². The number of likely N-dealkylation sites (tertiary alicyclic amines) is 1. The Kier molecular flexibility index (Phi) is 4.75. The van der Waals surface area contributed by atoms with E-state index >= 15 is 0 Å². The van der Waals surface area contributed by atoms with E-state index < -0.39 is 17.7 Å². The smallest absolute Gasteiger partial charge is 0.490 e. The first-order valence-electron chi connectivity index (χ1n) is 11.1. The number of carboxylic acid groups (broad SMARTS) is 1. The van der Waals surface area contributed by atoms with Crippen molar-refractivity contribution in [3.8, 4) is 11.5 Å². The molecule has 1 aromatic rings. The molecule has 1 saturated carbocycles. The summed E-state index contributed by atoms with van der Waals surface area (Å²) in [5.41, 5.74) is 1.30. The number of hydrogen-bond donors (Lipinski definition) is 2. The minimum atomic E-state index is -5.08. The van der Waals surface area contributed by atoms with Gasteiger partial charge in [0.25, 0.3) is 0 Å². The first kappa shape index (κ1) is 23.2. The molecule has 0 unspecified atom stereocenters. The predicted octanol–water partition coefficient (Wildman–Crippen LogP) is 2.83. The Morgan fingerprint density at radius 2 is 1.94 bits per heavy atom. The van der Waals surface area contributed by atoms with Gasteiger partial charge in [0.1, 0.15) is 17.5 Å². The summed E-state index contributed by atoms with van der Waals surface area (Å²) in [6, 6.07) is 4.15. The number of piperidine rings is 1. The number of methoxy groups -OCH3 is 1. The van der Waals surface area contributed by atoms with E-state index in [1.54, 1.807) is 20.1 Å². The van der Waals surface area contributed by atoms with Crippen LogP contribution < -0.4 is 4.74 Å². The Labute approximate surface area is 194 Å². The lowest BCUT2D eigenvalue weighted by Gasteiger charge is -2.70. The number of likely N-dealkylation sites (N-methyl/N-ethyl adjacent to an activating group) is 1. The minimum absolute atomic E-state index is 0.158. The first-order chi connectivity index (χ1) is 15.9. The molecule has 2 fully saturated rings. The van der Waals surface area contributed by atoms with Crippen molar-refractivity contribution in [1.82, 2.24) is 4.90 Å². The fourth-order valence-electron chi connectivity index (χ4n) is 7.52. The third-order valence-corrected chi connectivity index (χ3v) is 8.81. The second-order valence-electron chi connectivity index (χ2n) is 9.97. The number of carbonyl (C=O) groups is 2. The summed E-state index contributed by atoms with van der Waals surface area (Å²) in [6.07, 6.45) is 1.76. The molecule has 2 heterocycles. The van der Waals surface area contributed by atoms with E-state index in [2.05, 4.69) is 30.2 Å². The van der Waals surface area contributed by atoms with Crippen LogP contribution in [0.5, 0.6) is 11.5 Å². The van der Waals surface area contributed by atoms with Gasteiger partial charge in [0.05, 0.1) is 11.3 Å². The molecule has 7 rings (SSSR count). The number of rotatable bonds is 2. The van der Waals surface area contributed by atoms with Gasteiger partial charge in [0.15, 0.2) is 11.5 Å². The average Bonchev–Trinajstić information content (AvgIpc) is 3.15. The number of nitrogens with zero attached hydrogens (tertiary/aromatic N) is 1. The van der Waals surface area contributed by atoms with Crippen molar-refractivity contribution >= 4 is 11.8 Å². The second-order valence-corrected chi connectivity index (χ2v) is 9.97. The molecule has 1 saturated heterocycles. The van der Waals surface area contributed by atoms with Crippen LogP contribution in [0.25, 0.3) is 0 Å². The number of halogens is 3. The average molecular weight is 481 g/mol. The fourth-order valence-corrected chi connectivity index (χ4v) is 7.52. The number of ether oxygens (including phenoxy) is 2. The van der Waals surface area contributed by atoms with E-state index in [9.17, 15) is 23.1 Å². The lowest BCUT2D eigenvalue weighted by atomic mass is 9.37. The molecule has 2 aliphatic heterocycles. The van der Waals surface area contributed by atoms with E-state index in [0.717, 1.165) is 25.8 Å². The van der Waals surface area contributed by atoms with Gasteiger partial charge in [-0.15, -0.1) is 0 Å². The summed E-state index contributed by atoms with van der Waals surface area (Å²) >= 11 is 0. The number of carboxylic acids is 1. The topological polar surface area (TPSA) is 96.3 Å². The van der Waals surface area contributed by atoms with Crippen LogP contribution in [0.15, 0.2) is 24.3 Å². The Bertz CT molecular complexity index is 1120. The summed E-state index contributed by atoms with van der Waals surface area (Å²) in [5, 5.41) is 17.7. The van der Waals surface area contributed by atoms with E-state index in [-0.39, 0.29) is 34.4 Å². The zero-order chi connectivity index (χ0) is 24.8. The third kappa shape index (κ3) is 2.55. The Hall–Kier alpha value is -2.59. The van der Waals surface area contributed by atoms with Gasteiger partial charge in [-0.05, 0) is 51.4 Å². The van der Waals surface area contributed by atoms with Gasteiger partial charge >= 0.3 is 12.1 Å². The predicted molar refractivity (Wildman–Crippen MR) is 113 cm³/mol. The maximum Gasteiger partial charge on any atom is 0.490 e. The van der Waals surface area contributed by atoms with Gasteiger partial charge < -0.3 is 24.6 Å². The van der Waals surface area contributed by atoms with Gasteiger partial charge in [0.2, 0.25) is 0 Å². The van der Waals surface area contributed by atoms with Gasteiger partial charge in [-0.1, -0.05) is 18.2 Å².